The third kappa shape index (κ3) is 69.8. The molecule has 0 aliphatic carbocycles. The quantitative estimate of drug-likeness (QED) is 0.0261. The Morgan fingerprint density at radius 2 is 0.470 bits per heavy atom. The fraction of sp³-hybridized carbons (Fsp3) is 0.831. The Kier molecular flexibility index (Phi) is 69.1. The van der Waals surface area contributed by atoms with Gasteiger partial charge in [0.1, 0.15) is 13.2 Å². The van der Waals surface area contributed by atoms with Crippen LogP contribution in [-0.4, -0.2) is 37.2 Å². The molecule has 0 amide bonds. The van der Waals surface area contributed by atoms with Gasteiger partial charge in [-0.25, -0.2) is 0 Å². The van der Waals surface area contributed by atoms with E-state index in [0.717, 1.165) is 89.9 Å². The number of carbonyl (C=O) groups is 3. The van der Waals surface area contributed by atoms with Gasteiger partial charge in [0.05, 0.1) is 0 Å². The van der Waals surface area contributed by atoms with E-state index in [-0.39, 0.29) is 31.1 Å². The molecule has 484 valence electrons. The highest BCUT2D eigenvalue weighted by Gasteiger charge is 2.19. The van der Waals surface area contributed by atoms with Crippen molar-refractivity contribution in [1.29, 1.82) is 0 Å². The van der Waals surface area contributed by atoms with Crippen LogP contribution in [0.3, 0.4) is 0 Å². The summed E-state index contributed by atoms with van der Waals surface area (Å²) >= 11 is 0. The Morgan fingerprint density at radius 3 is 0.735 bits per heavy atom. The molecule has 0 bridgehead atoms. The number of esters is 3. The first kappa shape index (κ1) is 80.1. The van der Waals surface area contributed by atoms with Gasteiger partial charge in [0.2, 0.25) is 0 Å². The molecule has 6 nitrogen and oxygen atoms in total. The summed E-state index contributed by atoms with van der Waals surface area (Å²) in [4.78, 5) is 38.5. The van der Waals surface area contributed by atoms with E-state index >= 15 is 0 Å². The normalized spacial score (nSPS) is 12.4. The molecule has 0 spiro atoms. The lowest BCUT2D eigenvalue weighted by Crippen LogP contribution is -2.30. The molecule has 0 heterocycles. The molecule has 0 aliphatic rings. The summed E-state index contributed by atoms with van der Waals surface area (Å²) in [5.74, 6) is -0.835. The summed E-state index contributed by atoms with van der Waals surface area (Å²) < 4.78 is 17.0. The molecular formula is C77H140O6. The summed E-state index contributed by atoms with van der Waals surface area (Å²) in [6.45, 7) is 6.61. The van der Waals surface area contributed by atoms with Crippen LogP contribution in [0.4, 0.5) is 0 Å². The molecule has 1 atom stereocenters. The molecule has 0 N–H and O–H groups in total. The van der Waals surface area contributed by atoms with Crippen LogP contribution in [0.25, 0.3) is 0 Å². The van der Waals surface area contributed by atoms with Crippen LogP contribution in [0.1, 0.15) is 393 Å². The van der Waals surface area contributed by atoms with Crippen molar-refractivity contribution >= 4 is 17.9 Å². The van der Waals surface area contributed by atoms with Crippen molar-refractivity contribution in [1.82, 2.24) is 0 Å². The molecule has 0 saturated heterocycles. The van der Waals surface area contributed by atoms with Crippen molar-refractivity contribution in [3.05, 3.63) is 60.8 Å². The molecule has 1 unspecified atom stereocenters. The highest BCUT2D eigenvalue weighted by molar-refractivity contribution is 5.71. The van der Waals surface area contributed by atoms with Crippen molar-refractivity contribution in [2.24, 2.45) is 0 Å². The number of ether oxygens (including phenoxy) is 3. The number of rotatable bonds is 68. The Balaban J connectivity index is 4.21. The van der Waals surface area contributed by atoms with Gasteiger partial charge in [-0.3, -0.25) is 14.4 Å². The smallest absolute Gasteiger partial charge is 0.306 e. The van der Waals surface area contributed by atoms with E-state index in [4.69, 9.17) is 14.2 Å². The Morgan fingerprint density at radius 1 is 0.253 bits per heavy atom. The third-order valence-corrected chi connectivity index (χ3v) is 16.5. The van der Waals surface area contributed by atoms with E-state index in [1.165, 1.54) is 263 Å². The zero-order valence-electron chi connectivity index (χ0n) is 55.7. The Bertz CT molecular complexity index is 1470. The first-order valence-electron chi connectivity index (χ1n) is 36.8. The van der Waals surface area contributed by atoms with Gasteiger partial charge in [0.15, 0.2) is 6.10 Å². The second-order valence-electron chi connectivity index (χ2n) is 24.8. The zero-order chi connectivity index (χ0) is 59.9. The summed E-state index contributed by atoms with van der Waals surface area (Å²) in [5.41, 5.74) is 0. The van der Waals surface area contributed by atoms with Gasteiger partial charge >= 0.3 is 17.9 Å². The molecule has 0 aromatic carbocycles. The van der Waals surface area contributed by atoms with Gasteiger partial charge in [-0.1, -0.05) is 370 Å². The van der Waals surface area contributed by atoms with Gasteiger partial charge in [0.25, 0.3) is 0 Å². The van der Waals surface area contributed by atoms with Crippen LogP contribution in [0.2, 0.25) is 0 Å². The molecule has 0 fully saturated rings. The summed E-state index contributed by atoms with van der Waals surface area (Å²) in [5, 5.41) is 0. The van der Waals surface area contributed by atoms with Crippen molar-refractivity contribution in [3.8, 4) is 0 Å². The molecular weight excluding hydrogens is 1020 g/mol. The molecule has 0 saturated carbocycles. The van der Waals surface area contributed by atoms with Gasteiger partial charge in [-0.05, 0) is 64.2 Å². The van der Waals surface area contributed by atoms with E-state index in [1.807, 2.05) is 0 Å². The molecule has 0 aliphatic heterocycles. The van der Waals surface area contributed by atoms with Gasteiger partial charge in [-0.15, -0.1) is 0 Å². The largest absolute Gasteiger partial charge is 0.462 e. The Hall–Kier alpha value is -2.89. The van der Waals surface area contributed by atoms with Crippen molar-refractivity contribution in [2.75, 3.05) is 13.2 Å². The van der Waals surface area contributed by atoms with E-state index in [2.05, 4.69) is 81.5 Å². The number of allylic oxidation sites excluding steroid dienone is 10. The van der Waals surface area contributed by atoms with Crippen LogP contribution >= 0.6 is 0 Å². The monoisotopic (exact) mass is 1160 g/mol. The molecule has 0 radical (unpaired) electrons. The molecule has 0 aromatic rings. The second kappa shape index (κ2) is 71.6. The highest BCUT2D eigenvalue weighted by Crippen LogP contribution is 2.19. The average molecular weight is 1160 g/mol. The lowest BCUT2D eigenvalue weighted by atomic mass is 10.0. The maximum atomic E-state index is 13.0. The van der Waals surface area contributed by atoms with E-state index < -0.39 is 6.10 Å². The second-order valence-corrected chi connectivity index (χ2v) is 24.8. The average Bonchev–Trinajstić information content (AvgIpc) is 3.49. The maximum absolute atomic E-state index is 13.0. The third-order valence-electron chi connectivity index (χ3n) is 16.5. The Labute approximate surface area is 517 Å². The van der Waals surface area contributed by atoms with Crippen molar-refractivity contribution < 1.29 is 28.6 Å². The minimum Gasteiger partial charge on any atom is -0.462 e. The molecule has 0 rings (SSSR count). The van der Waals surface area contributed by atoms with Crippen molar-refractivity contribution in [3.63, 3.8) is 0 Å². The van der Waals surface area contributed by atoms with Crippen molar-refractivity contribution in [2.45, 2.75) is 399 Å². The summed E-state index contributed by atoms with van der Waals surface area (Å²) in [7, 11) is 0. The van der Waals surface area contributed by atoms with E-state index in [0.29, 0.717) is 19.3 Å². The van der Waals surface area contributed by atoms with Gasteiger partial charge in [0, 0.05) is 19.3 Å². The van der Waals surface area contributed by atoms with Crippen LogP contribution in [0, 0.1) is 0 Å². The minimum atomic E-state index is -0.770. The number of carbonyl (C=O) groups excluding carboxylic acids is 3. The highest BCUT2D eigenvalue weighted by atomic mass is 16.6. The van der Waals surface area contributed by atoms with Crippen LogP contribution in [-0.2, 0) is 28.6 Å². The van der Waals surface area contributed by atoms with Crippen LogP contribution in [0.15, 0.2) is 60.8 Å². The van der Waals surface area contributed by atoms with Gasteiger partial charge < -0.3 is 14.2 Å². The fourth-order valence-electron chi connectivity index (χ4n) is 11.1. The first-order chi connectivity index (χ1) is 41.0. The van der Waals surface area contributed by atoms with Crippen LogP contribution in [0.5, 0.6) is 0 Å². The standard InChI is InChI=1S/C77H140O6/c1-4-7-10-13-16-19-22-25-28-31-32-33-34-35-36-37-38-39-40-41-42-43-44-47-49-52-55-58-61-64-67-70-76(79)82-73-74(83-77(80)71-68-65-62-59-56-53-50-46-30-27-24-21-18-15-12-9-6-3)72-81-75(78)69-66-63-60-57-54-51-48-45-29-26-23-20-17-14-11-8-5-2/h7,10,16,19,25,28,32-33,35-36,74H,4-6,8-9,11-15,17-18,20-24,26-27,29-31,34,37-73H2,1-3H3/b10-7-,19-16-,28-25-,33-32-,36-35-. The van der Waals surface area contributed by atoms with Crippen LogP contribution < -0.4 is 0 Å². The van der Waals surface area contributed by atoms with Gasteiger partial charge in [-0.2, -0.15) is 0 Å². The first-order valence-corrected chi connectivity index (χ1v) is 36.8. The SMILES string of the molecule is CC/C=C\C/C=C\C/C=C\C/C=C\C/C=C\CCCCCCCCCCCCCCCCCC(=O)OCC(COC(=O)CCCCCCCCCCCCCCCCCCC)OC(=O)CCCCCCCCCCCCCCCCCCC. The minimum absolute atomic E-state index is 0.0661. The maximum Gasteiger partial charge on any atom is 0.306 e. The fourth-order valence-corrected chi connectivity index (χ4v) is 11.1. The summed E-state index contributed by atoms with van der Waals surface area (Å²) in [6, 6.07) is 0. The number of hydrogen-bond acceptors (Lipinski definition) is 6. The van der Waals surface area contributed by atoms with E-state index in [9.17, 15) is 14.4 Å². The number of unbranched alkanes of at least 4 members (excludes halogenated alkanes) is 47. The number of hydrogen-bond donors (Lipinski definition) is 0. The predicted octanol–water partition coefficient (Wildman–Crippen LogP) is 25.5. The molecule has 6 heteroatoms. The summed E-state index contributed by atoms with van der Waals surface area (Å²) in [6.07, 6.45) is 92.5. The topological polar surface area (TPSA) is 78.9 Å². The molecule has 83 heavy (non-hydrogen) atoms. The molecule has 0 aromatic heterocycles. The predicted molar refractivity (Wildman–Crippen MR) is 362 cm³/mol. The van der Waals surface area contributed by atoms with E-state index in [1.54, 1.807) is 0 Å². The zero-order valence-corrected chi connectivity index (χ0v) is 55.7. The lowest BCUT2D eigenvalue weighted by Gasteiger charge is -2.18. The lowest BCUT2D eigenvalue weighted by molar-refractivity contribution is -0.167.